The second-order valence-corrected chi connectivity index (χ2v) is 6.22. The van der Waals surface area contributed by atoms with Crippen LogP contribution in [0.2, 0.25) is 0 Å². The molecule has 124 valence electrons. The van der Waals surface area contributed by atoms with E-state index in [2.05, 4.69) is 22.3 Å². The Morgan fingerprint density at radius 2 is 1.58 bits per heavy atom. The number of nitrogens with zero attached hydrogens (tertiary/aromatic N) is 1. The Labute approximate surface area is 142 Å². The Kier molecular flexibility index (Phi) is 4.94. The molecule has 0 radical (unpaired) electrons. The molecule has 2 aromatic rings. The number of ketones is 1. The van der Waals surface area contributed by atoms with Gasteiger partial charge in [0.2, 0.25) is 5.91 Å². The van der Waals surface area contributed by atoms with E-state index in [0.29, 0.717) is 17.7 Å². The topological polar surface area (TPSA) is 49.4 Å². The normalized spacial score (nSPS) is 13.8. The van der Waals surface area contributed by atoms with E-state index in [9.17, 15) is 9.59 Å². The predicted octanol–water partition coefficient (Wildman–Crippen LogP) is 3.67. The largest absolute Gasteiger partial charge is 0.372 e. The maximum atomic E-state index is 12.2. The molecular formula is C20H22N2O2. The Morgan fingerprint density at radius 1 is 0.958 bits per heavy atom. The first-order valence-corrected chi connectivity index (χ1v) is 8.36. The van der Waals surface area contributed by atoms with E-state index >= 15 is 0 Å². The van der Waals surface area contributed by atoms with Gasteiger partial charge in [0.05, 0.1) is 6.42 Å². The van der Waals surface area contributed by atoms with Crippen molar-refractivity contribution in [1.82, 2.24) is 0 Å². The van der Waals surface area contributed by atoms with E-state index < -0.39 is 0 Å². The summed E-state index contributed by atoms with van der Waals surface area (Å²) < 4.78 is 0. The molecule has 4 nitrogen and oxygen atoms in total. The molecule has 1 heterocycles. The lowest BCUT2D eigenvalue weighted by Crippen LogP contribution is -2.18. The lowest BCUT2D eigenvalue weighted by Gasteiger charge is -2.17. The maximum absolute atomic E-state index is 12.2. The molecule has 0 atom stereocenters. The number of nitrogens with one attached hydrogen (secondary N) is 1. The van der Waals surface area contributed by atoms with Crippen molar-refractivity contribution >= 4 is 23.1 Å². The molecule has 1 aliphatic heterocycles. The van der Waals surface area contributed by atoms with E-state index in [4.69, 9.17) is 0 Å². The van der Waals surface area contributed by atoms with Crippen LogP contribution in [-0.2, 0) is 11.2 Å². The first-order valence-electron chi connectivity index (χ1n) is 8.36. The molecule has 24 heavy (non-hydrogen) atoms. The predicted molar refractivity (Wildman–Crippen MR) is 96.7 cm³/mol. The molecule has 1 aliphatic rings. The number of rotatable bonds is 5. The van der Waals surface area contributed by atoms with Crippen LogP contribution >= 0.6 is 0 Å². The number of amides is 1. The SMILES string of the molecule is CC(=O)c1ccc(NC(=O)Cc2ccc(N3CCCC3)cc2)cc1. The average molecular weight is 322 g/mol. The molecule has 0 unspecified atom stereocenters. The summed E-state index contributed by atoms with van der Waals surface area (Å²) >= 11 is 0. The molecule has 0 spiro atoms. The van der Waals surface area contributed by atoms with Gasteiger partial charge in [0.1, 0.15) is 0 Å². The van der Waals surface area contributed by atoms with Crippen molar-refractivity contribution in [3.05, 3.63) is 59.7 Å². The number of carbonyl (C=O) groups excluding carboxylic acids is 2. The number of hydrogen-bond donors (Lipinski definition) is 1. The summed E-state index contributed by atoms with van der Waals surface area (Å²) in [5, 5.41) is 2.87. The molecule has 3 rings (SSSR count). The number of Topliss-reactive ketones (excluding diaryl/α,β-unsaturated/α-hetero) is 1. The van der Waals surface area contributed by atoms with Crippen LogP contribution < -0.4 is 10.2 Å². The summed E-state index contributed by atoms with van der Waals surface area (Å²) in [6.45, 7) is 3.77. The molecule has 0 aliphatic carbocycles. The van der Waals surface area contributed by atoms with E-state index in [0.717, 1.165) is 18.7 Å². The lowest BCUT2D eigenvalue weighted by atomic mass is 10.1. The third kappa shape index (κ3) is 4.02. The van der Waals surface area contributed by atoms with Crippen LogP contribution in [0.1, 0.15) is 35.7 Å². The van der Waals surface area contributed by atoms with Gasteiger partial charge in [-0.2, -0.15) is 0 Å². The van der Waals surface area contributed by atoms with Crippen molar-refractivity contribution in [2.75, 3.05) is 23.3 Å². The summed E-state index contributed by atoms with van der Waals surface area (Å²) in [6.07, 6.45) is 2.86. The molecule has 1 saturated heterocycles. The molecule has 1 fully saturated rings. The summed E-state index contributed by atoms with van der Waals surface area (Å²) in [4.78, 5) is 25.8. The van der Waals surface area contributed by atoms with Gasteiger partial charge in [-0.1, -0.05) is 12.1 Å². The number of hydrogen-bond acceptors (Lipinski definition) is 3. The number of benzene rings is 2. The zero-order valence-corrected chi connectivity index (χ0v) is 13.9. The molecule has 1 N–H and O–H groups in total. The fraction of sp³-hybridized carbons (Fsp3) is 0.300. The fourth-order valence-electron chi connectivity index (χ4n) is 2.98. The van der Waals surface area contributed by atoms with Crippen LogP contribution in [0, 0.1) is 0 Å². The van der Waals surface area contributed by atoms with Gasteiger partial charge in [0.15, 0.2) is 5.78 Å². The van der Waals surface area contributed by atoms with Gasteiger partial charge in [-0.3, -0.25) is 9.59 Å². The molecule has 2 aromatic carbocycles. The minimum absolute atomic E-state index is 0.0194. The van der Waals surface area contributed by atoms with Gasteiger partial charge >= 0.3 is 0 Å². The van der Waals surface area contributed by atoms with E-state index in [-0.39, 0.29) is 11.7 Å². The maximum Gasteiger partial charge on any atom is 0.228 e. The van der Waals surface area contributed by atoms with E-state index in [1.54, 1.807) is 24.3 Å². The Balaban J connectivity index is 1.57. The zero-order valence-electron chi connectivity index (χ0n) is 13.9. The minimum atomic E-state index is -0.0560. The molecule has 0 saturated carbocycles. The van der Waals surface area contributed by atoms with Crippen molar-refractivity contribution in [3.63, 3.8) is 0 Å². The summed E-state index contributed by atoms with van der Waals surface area (Å²) in [5.74, 6) is -0.0366. The third-order valence-electron chi connectivity index (χ3n) is 4.35. The number of carbonyl (C=O) groups is 2. The fourth-order valence-corrected chi connectivity index (χ4v) is 2.98. The van der Waals surface area contributed by atoms with Gasteiger partial charge < -0.3 is 10.2 Å². The Bertz CT molecular complexity index is 714. The Hall–Kier alpha value is -2.62. The van der Waals surface area contributed by atoms with E-state index in [1.165, 1.54) is 25.5 Å². The highest BCUT2D eigenvalue weighted by Gasteiger charge is 2.12. The highest BCUT2D eigenvalue weighted by Crippen LogP contribution is 2.20. The van der Waals surface area contributed by atoms with Crippen LogP contribution in [0.15, 0.2) is 48.5 Å². The third-order valence-corrected chi connectivity index (χ3v) is 4.35. The quantitative estimate of drug-likeness (QED) is 0.855. The minimum Gasteiger partial charge on any atom is -0.372 e. The van der Waals surface area contributed by atoms with Crippen molar-refractivity contribution in [3.8, 4) is 0 Å². The monoisotopic (exact) mass is 322 g/mol. The smallest absolute Gasteiger partial charge is 0.228 e. The highest BCUT2D eigenvalue weighted by molar-refractivity contribution is 5.96. The van der Waals surface area contributed by atoms with Crippen LogP contribution in [0.3, 0.4) is 0 Å². The Morgan fingerprint density at radius 3 is 2.17 bits per heavy atom. The summed E-state index contributed by atoms with van der Waals surface area (Å²) in [5.41, 5.74) is 3.58. The lowest BCUT2D eigenvalue weighted by molar-refractivity contribution is -0.115. The van der Waals surface area contributed by atoms with Crippen molar-refractivity contribution < 1.29 is 9.59 Å². The zero-order chi connectivity index (χ0) is 16.9. The van der Waals surface area contributed by atoms with Gasteiger partial charge in [0.25, 0.3) is 0 Å². The van der Waals surface area contributed by atoms with Gasteiger partial charge in [0, 0.05) is 30.0 Å². The second-order valence-electron chi connectivity index (χ2n) is 6.22. The van der Waals surface area contributed by atoms with Crippen LogP contribution in [0.4, 0.5) is 11.4 Å². The first kappa shape index (κ1) is 16.2. The highest BCUT2D eigenvalue weighted by atomic mass is 16.1. The molecule has 1 amide bonds. The summed E-state index contributed by atoms with van der Waals surface area (Å²) in [7, 11) is 0. The summed E-state index contributed by atoms with van der Waals surface area (Å²) in [6, 6.07) is 15.2. The molecule has 4 heteroatoms. The van der Waals surface area contributed by atoms with Crippen LogP contribution in [0.25, 0.3) is 0 Å². The second kappa shape index (κ2) is 7.30. The average Bonchev–Trinajstić information content (AvgIpc) is 3.10. The van der Waals surface area contributed by atoms with Gasteiger partial charge in [-0.25, -0.2) is 0 Å². The number of anilines is 2. The van der Waals surface area contributed by atoms with Crippen LogP contribution in [0.5, 0.6) is 0 Å². The van der Waals surface area contributed by atoms with E-state index in [1.807, 2.05) is 12.1 Å². The molecule has 0 bridgehead atoms. The standard InChI is InChI=1S/C20H22N2O2/c1-15(23)17-6-8-18(9-7-17)21-20(24)14-16-4-10-19(11-5-16)22-12-2-3-13-22/h4-11H,2-3,12-14H2,1H3,(H,21,24). The first-order chi connectivity index (χ1) is 11.6. The molecular weight excluding hydrogens is 300 g/mol. The molecule has 0 aromatic heterocycles. The van der Waals surface area contributed by atoms with Crippen molar-refractivity contribution in [2.45, 2.75) is 26.2 Å². The van der Waals surface area contributed by atoms with Gasteiger partial charge in [-0.05, 0) is 61.7 Å². The van der Waals surface area contributed by atoms with Crippen molar-refractivity contribution in [1.29, 1.82) is 0 Å². The van der Waals surface area contributed by atoms with Gasteiger partial charge in [-0.15, -0.1) is 0 Å². The van der Waals surface area contributed by atoms with Crippen LogP contribution in [-0.4, -0.2) is 24.8 Å². The van der Waals surface area contributed by atoms with Crippen molar-refractivity contribution in [2.24, 2.45) is 0 Å².